The number of amides is 1. The van der Waals surface area contributed by atoms with E-state index >= 15 is 0 Å². The molecule has 1 aromatic rings. The molecule has 0 spiro atoms. The zero-order valence-electron chi connectivity index (χ0n) is 16.4. The number of rotatable bonds is 9. The third kappa shape index (κ3) is 8.25. The third-order valence-corrected chi connectivity index (χ3v) is 4.39. The molecule has 1 amide bonds. The maximum atomic E-state index is 11.8. The standard InChI is InChI=1S/C19H32N6O2/c1-3-8-22-18(26)15-25-11-6-16(7-12-25)24-19(20-2)23-10-13-27-17-5-4-9-21-14-17/h4-5,9,14,16H,3,6-8,10-13,15H2,1-2H3,(H,22,26)(H2,20,23,24). The largest absolute Gasteiger partial charge is 0.490 e. The van der Waals surface area contributed by atoms with Crippen LogP contribution in [0.25, 0.3) is 0 Å². The predicted molar refractivity (Wildman–Crippen MR) is 107 cm³/mol. The van der Waals surface area contributed by atoms with Gasteiger partial charge in [0, 0.05) is 38.9 Å². The smallest absolute Gasteiger partial charge is 0.234 e. The first-order valence-electron chi connectivity index (χ1n) is 9.70. The van der Waals surface area contributed by atoms with Crippen molar-refractivity contribution in [3.8, 4) is 5.75 Å². The molecule has 0 bridgehead atoms. The van der Waals surface area contributed by atoms with E-state index in [1.807, 2.05) is 12.1 Å². The summed E-state index contributed by atoms with van der Waals surface area (Å²) in [5, 5.41) is 9.66. The topological polar surface area (TPSA) is 90.9 Å². The number of hydrogen-bond donors (Lipinski definition) is 3. The van der Waals surface area contributed by atoms with E-state index in [1.165, 1.54) is 0 Å². The molecule has 0 radical (unpaired) electrons. The van der Waals surface area contributed by atoms with Gasteiger partial charge in [0.05, 0.1) is 19.3 Å². The monoisotopic (exact) mass is 376 g/mol. The van der Waals surface area contributed by atoms with Gasteiger partial charge in [-0.2, -0.15) is 0 Å². The van der Waals surface area contributed by atoms with Gasteiger partial charge in [-0.1, -0.05) is 6.92 Å². The number of nitrogens with one attached hydrogen (secondary N) is 3. The molecule has 3 N–H and O–H groups in total. The Balaban J connectivity index is 1.60. The lowest BCUT2D eigenvalue weighted by Gasteiger charge is -2.32. The zero-order valence-corrected chi connectivity index (χ0v) is 16.4. The highest BCUT2D eigenvalue weighted by Crippen LogP contribution is 2.10. The van der Waals surface area contributed by atoms with Crippen molar-refractivity contribution < 1.29 is 9.53 Å². The van der Waals surface area contributed by atoms with E-state index in [0.717, 1.165) is 50.6 Å². The Labute approximate surface area is 161 Å². The molecule has 1 aliphatic heterocycles. The average Bonchev–Trinajstić information content (AvgIpc) is 2.70. The van der Waals surface area contributed by atoms with Crippen LogP contribution in [0.4, 0.5) is 0 Å². The summed E-state index contributed by atoms with van der Waals surface area (Å²) in [6.07, 6.45) is 6.38. The summed E-state index contributed by atoms with van der Waals surface area (Å²) in [6.45, 7) is 6.33. The Kier molecular flexibility index (Phi) is 9.40. The predicted octanol–water partition coefficient (Wildman–Crippen LogP) is 0.616. The molecule has 2 rings (SSSR count). The second kappa shape index (κ2) is 12.1. The minimum atomic E-state index is 0.120. The van der Waals surface area contributed by atoms with Crippen molar-refractivity contribution in [2.45, 2.75) is 32.2 Å². The second-order valence-corrected chi connectivity index (χ2v) is 6.58. The van der Waals surface area contributed by atoms with E-state index < -0.39 is 0 Å². The van der Waals surface area contributed by atoms with Gasteiger partial charge >= 0.3 is 0 Å². The van der Waals surface area contributed by atoms with Gasteiger partial charge < -0.3 is 20.7 Å². The van der Waals surface area contributed by atoms with Crippen LogP contribution < -0.4 is 20.7 Å². The van der Waals surface area contributed by atoms with Gasteiger partial charge in [-0.3, -0.25) is 19.7 Å². The molecule has 1 fully saturated rings. The zero-order chi connectivity index (χ0) is 19.3. The molecule has 2 heterocycles. The van der Waals surface area contributed by atoms with Crippen molar-refractivity contribution in [1.82, 2.24) is 25.8 Å². The van der Waals surface area contributed by atoms with Crippen LogP contribution in [0.15, 0.2) is 29.5 Å². The van der Waals surface area contributed by atoms with Crippen molar-refractivity contribution >= 4 is 11.9 Å². The highest BCUT2D eigenvalue weighted by Gasteiger charge is 2.21. The Hall–Kier alpha value is -2.35. The minimum Gasteiger partial charge on any atom is -0.490 e. The molecule has 8 nitrogen and oxygen atoms in total. The van der Waals surface area contributed by atoms with Gasteiger partial charge in [0.15, 0.2) is 5.96 Å². The van der Waals surface area contributed by atoms with Gasteiger partial charge in [-0.25, -0.2) is 0 Å². The summed E-state index contributed by atoms with van der Waals surface area (Å²) in [5.74, 6) is 1.66. The van der Waals surface area contributed by atoms with Gasteiger partial charge in [-0.05, 0) is 31.4 Å². The fourth-order valence-electron chi connectivity index (χ4n) is 2.92. The number of pyridine rings is 1. The summed E-state index contributed by atoms with van der Waals surface area (Å²) in [5.41, 5.74) is 0. The van der Waals surface area contributed by atoms with Crippen LogP contribution in [0.3, 0.4) is 0 Å². The van der Waals surface area contributed by atoms with E-state index in [9.17, 15) is 4.79 Å². The van der Waals surface area contributed by atoms with Crippen LogP contribution in [0.2, 0.25) is 0 Å². The van der Waals surface area contributed by atoms with Crippen LogP contribution in [0.1, 0.15) is 26.2 Å². The molecule has 0 unspecified atom stereocenters. The van der Waals surface area contributed by atoms with Crippen LogP contribution in [0, 0.1) is 0 Å². The van der Waals surface area contributed by atoms with Crippen molar-refractivity contribution in [3.63, 3.8) is 0 Å². The normalized spacial score (nSPS) is 16.0. The number of aromatic nitrogens is 1. The molecule has 27 heavy (non-hydrogen) atoms. The summed E-state index contributed by atoms with van der Waals surface area (Å²) in [7, 11) is 1.77. The molecule has 0 aliphatic carbocycles. The van der Waals surface area contributed by atoms with Crippen molar-refractivity contribution in [2.75, 3.05) is 46.4 Å². The van der Waals surface area contributed by atoms with Gasteiger partial charge in [0.1, 0.15) is 12.4 Å². The molecule has 8 heteroatoms. The number of carbonyl (C=O) groups excluding carboxylic acids is 1. The first kappa shape index (κ1) is 21.0. The highest BCUT2D eigenvalue weighted by molar-refractivity contribution is 5.80. The van der Waals surface area contributed by atoms with E-state index in [4.69, 9.17) is 4.74 Å². The molecular formula is C19H32N6O2. The lowest BCUT2D eigenvalue weighted by molar-refractivity contribution is -0.122. The molecule has 1 saturated heterocycles. The third-order valence-electron chi connectivity index (χ3n) is 4.39. The Morgan fingerprint density at radius 2 is 2.15 bits per heavy atom. The molecule has 1 aromatic heterocycles. The highest BCUT2D eigenvalue weighted by atomic mass is 16.5. The van der Waals surface area contributed by atoms with Crippen LogP contribution in [-0.4, -0.2) is 74.2 Å². The number of carbonyl (C=O) groups is 1. The SMILES string of the molecule is CCCNC(=O)CN1CCC(NC(=NC)NCCOc2cccnc2)CC1. The Morgan fingerprint density at radius 1 is 1.33 bits per heavy atom. The van der Waals surface area contributed by atoms with Gasteiger partial charge in [-0.15, -0.1) is 0 Å². The summed E-state index contributed by atoms with van der Waals surface area (Å²) >= 11 is 0. The number of piperidine rings is 1. The van der Waals surface area contributed by atoms with E-state index in [0.29, 0.717) is 25.7 Å². The molecule has 150 valence electrons. The number of hydrogen-bond acceptors (Lipinski definition) is 5. The second-order valence-electron chi connectivity index (χ2n) is 6.58. The Bertz CT molecular complexity index is 573. The van der Waals surface area contributed by atoms with E-state index in [-0.39, 0.29) is 5.91 Å². The molecule has 1 aliphatic rings. The minimum absolute atomic E-state index is 0.120. The summed E-state index contributed by atoms with van der Waals surface area (Å²) < 4.78 is 5.62. The maximum Gasteiger partial charge on any atom is 0.234 e. The fraction of sp³-hybridized carbons (Fsp3) is 0.632. The van der Waals surface area contributed by atoms with Gasteiger partial charge in [0.2, 0.25) is 5.91 Å². The van der Waals surface area contributed by atoms with E-state index in [1.54, 1.807) is 19.4 Å². The van der Waals surface area contributed by atoms with Crippen molar-refractivity contribution in [1.29, 1.82) is 0 Å². The number of likely N-dealkylation sites (tertiary alicyclic amines) is 1. The van der Waals surface area contributed by atoms with Crippen molar-refractivity contribution in [2.24, 2.45) is 4.99 Å². The number of guanidine groups is 1. The quantitative estimate of drug-likeness (QED) is 0.332. The maximum absolute atomic E-state index is 11.8. The average molecular weight is 377 g/mol. The fourth-order valence-corrected chi connectivity index (χ4v) is 2.92. The number of nitrogens with zero attached hydrogens (tertiary/aromatic N) is 3. The molecule has 0 atom stereocenters. The lowest BCUT2D eigenvalue weighted by atomic mass is 10.1. The molecular weight excluding hydrogens is 344 g/mol. The molecule has 0 saturated carbocycles. The number of aliphatic imine (C=N–C) groups is 1. The Morgan fingerprint density at radius 3 is 2.81 bits per heavy atom. The summed E-state index contributed by atoms with van der Waals surface area (Å²) in [4.78, 5) is 22.3. The summed E-state index contributed by atoms with van der Waals surface area (Å²) in [6, 6.07) is 4.10. The molecule has 0 aromatic carbocycles. The van der Waals surface area contributed by atoms with Crippen LogP contribution in [-0.2, 0) is 4.79 Å². The lowest BCUT2D eigenvalue weighted by Crippen LogP contribution is -2.50. The van der Waals surface area contributed by atoms with Crippen LogP contribution >= 0.6 is 0 Å². The van der Waals surface area contributed by atoms with Crippen molar-refractivity contribution in [3.05, 3.63) is 24.5 Å². The first-order valence-corrected chi connectivity index (χ1v) is 9.70. The van der Waals surface area contributed by atoms with Crippen LogP contribution in [0.5, 0.6) is 5.75 Å². The van der Waals surface area contributed by atoms with Gasteiger partial charge in [0.25, 0.3) is 0 Å². The first-order chi connectivity index (χ1) is 13.2. The number of ether oxygens (including phenoxy) is 1. The van der Waals surface area contributed by atoms with E-state index in [2.05, 4.69) is 37.8 Å².